The van der Waals surface area contributed by atoms with E-state index in [1.54, 1.807) is 35.2 Å². The number of piperidine rings is 1. The topological polar surface area (TPSA) is 94.3 Å². The van der Waals surface area contributed by atoms with E-state index in [1.165, 1.54) is 0 Å². The van der Waals surface area contributed by atoms with E-state index in [0.29, 0.717) is 35.7 Å². The Morgan fingerprint density at radius 1 is 1.19 bits per heavy atom. The van der Waals surface area contributed by atoms with Crippen molar-refractivity contribution in [3.63, 3.8) is 0 Å². The van der Waals surface area contributed by atoms with Gasteiger partial charge in [-0.3, -0.25) is 19.8 Å². The molecule has 1 aliphatic heterocycles. The second kappa shape index (κ2) is 13.3. The number of hydrogen-bond acceptors (Lipinski definition) is 5. The Balaban J connectivity index is 1.70. The molecule has 0 bridgehead atoms. The van der Waals surface area contributed by atoms with Crippen molar-refractivity contribution in [3.8, 4) is 6.07 Å². The lowest BCUT2D eigenvalue weighted by molar-refractivity contribution is -0.128. The van der Waals surface area contributed by atoms with Crippen molar-refractivity contribution in [2.75, 3.05) is 25.5 Å². The summed E-state index contributed by atoms with van der Waals surface area (Å²) in [7, 11) is 2.13. The van der Waals surface area contributed by atoms with Gasteiger partial charge >= 0.3 is 0 Å². The van der Waals surface area contributed by atoms with E-state index in [4.69, 9.17) is 16.6 Å². The van der Waals surface area contributed by atoms with Gasteiger partial charge in [0.25, 0.3) is 11.8 Å². The molecule has 4 rings (SSSR count). The zero-order chi connectivity index (χ0) is 31.5. The number of fused-ring (bicyclic) bond motifs is 1. The van der Waals surface area contributed by atoms with Crippen molar-refractivity contribution in [1.29, 1.82) is 5.26 Å². The van der Waals surface area contributed by atoms with Crippen molar-refractivity contribution in [3.05, 3.63) is 70.3 Å². The van der Waals surface area contributed by atoms with Crippen LogP contribution in [0.25, 0.3) is 11.0 Å². The van der Waals surface area contributed by atoms with Gasteiger partial charge in [-0.1, -0.05) is 58.4 Å². The average Bonchev–Trinajstić information content (AvgIpc) is 3.31. The molecule has 2 atom stereocenters. The van der Waals surface area contributed by atoms with Gasteiger partial charge in [-0.15, -0.1) is 0 Å². The highest BCUT2D eigenvalue weighted by Gasteiger charge is 2.30. The predicted molar refractivity (Wildman–Crippen MR) is 173 cm³/mol. The Labute approximate surface area is 260 Å². The zero-order valence-corrected chi connectivity index (χ0v) is 27.1. The van der Waals surface area contributed by atoms with Gasteiger partial charge in [-0.2, -0.15) is 5.26 Å². The van der Waals surface area contributed by atoms with E-state index in [9.17, 15) is 14.9 Å². The van der Waals surface area contributed by atoms with Crippen LogP contribution in [0.4, 0.5) is 5.95 Å². The fourth-order valence-electron chi connectivity index (χ4n) is 5.57. The fourth-order valence-corrected chi connectivity index (χ4v) is 5.70. The minimum Gasteiger partial charge on any atom is -0.336 e. The second-order valence-electron chi connectivity index (χ2n) is 13.0. The smallest absolute Gasteiger partial charge is 0.264 e. The lowest BCUT2D eigenvalue weighted by atomic mass is 9.87. The summed E-state index contributed by atoms with van der Waals surface area (Å²) in [6.07, 6.45) is 3.30. The minimum absolute atomic E-state index is 0.0890. The molecule has 1 N–H and O–H groups in total. The van der Waals surface area contributed by atoms with Crippen LogP contribution in [0.15, 0.2) is 54.1 Å². The second-order valence-corrected chi connectivity index (χ2v) is 13.5. The van der Waals surface area contributed by atoms with Gasteiger partial charge in [0.15, 0.2) is 0 Å². The SMILES string of the molecule is CC(C)C=C(C#N)C(=O)N1CCCC(n2c(NC(=O)c3ccc(Cl)cc3)nc3cc(CN(C)C(C)C(C)(C)C)ccc32)C1. The Hall–Kier alpha value is -3.67. The number of nitriles is 1. The lowest BCUT2D eigenvalue weighted by Gasteiger charge is -2.35. The lowest BCUT2D eigenvalue weighted by Crippen LogP contribution is -2.41. The van der Waals surface area contributed by atoms with E-state index in [1.807, 2.05) is 18.4 Å². The first-order valence-electron chi connectivity index (χ1n) is 15.0. The third-order valence-electron chi connectivity index (χ3n) is 8.33. The molecule has 0 radical (unpaired) electrons. The summed E-state index contributed by atoms with van der Waals surface area (Å²) in [6.45, 7) is 14.6. The molecule has 8 nitrogen and oxygen atoms in total. The van der Waals surface area contributed by atoms with Crippen LogP contribution in [0.1, 0.15) is 76.3 Å². The molecule has 43 heavy (non-hydrogen) atoms. The van der Waals surface area contributed by atoms with E-state index < -0.39 is 0 Å². The van der Waals surface area contributed by atoms with E-state index in [2.05, 4.69) is 69.2 Å². The molecule has 2 aromatic carbocycles. The monoisotopic (exact) mass is 602 g/mol. The number of hydrogen-bond donors (Lipinski definition) is 1. The third kappa shape index (κ3) is 7.65. The molecule has 1 aromatic heterocycles. The number of amides is 2. The molecule has 1 aliphatic rings. The van der Waals surface area contributed by atoms with Gasteiger partial charge in [-0.25, -0.2) is 4.98 Å². The number of nitrogens with one attached hydrogen (secondary N) is 1. The largest absolute Gasteiger partial charge is 0.336 e. The molecule has 2 unspecified atom stereocenters. The van der Waals surface area contributed by atoms with Crippen LogP contribution in [0.3, 0.4) is 0 Å². The van der Waals surface area contributed by atoms with Crippen LogP contribution < -0.4 is 5.32 Å². The van der Waals surface area contributed by atoms with Gasteiger partial charge in [0.2, 0.25) is 5.95 Å². The first-order chi connectivity index (χ1) is 20.3. The zero-order valence-electron chi connectivity index (χ0n) is 26.3. The highest BCUT2D eigenvalue weighted by Crippen LogP contribution is 2.32. The number of benzene rings is 2. The number of nitrogens with zero attached hydrogens (tertiary/aromatic N) is 5. The molecule has 228 valence electrons. The normalized spacial score (nSPS) is 16.9. The summed E-state index contributed by atoms with van der Waals surface area (Å²) in [6, 6.07) is 15.3. The van der Waals surface area contributed by atoms with Crippen molar-refractivity contribution >= 4 is 40.4 Å². The first-order valence-corrected chi connectivity index (χ1v) is 15.4. The quantitative estimate of drug-likeness (QED) is 0.220. The van der Waals surface area contributed by atoms with Crippen molar-refractivity contribution < 1.29 is 9.59 Å². The summed E-state index contributed by atoms with van der Waals surface area (Å²) < 4.78 is 2.05. The number of carbonyl (C=O) groups excluding carboxylic acids is 2. The summed E-state index contributed by atoms with van der Waals surface area (Å²) in [4.78, 5) is 35.6. The van der Waals surface area contributed by atoms with E-state index in [-0.39, 0.29) is 34.8 Å². The van der Waals surface area contributed by atoms with Crippen LogP contribution >= 0.6 is 11.6 Å². The van der Waals surface area contributed by atoms with Crippen molar-refractivity contribution in [2.24, 2.45) is 11.3 Å². The highest BCUT2D eigenvalue weighted by molar-refractivity contribution is 6.30. The molecule has 0 aliphatic carbocycles. The Bertz CT molecular complexity index is 1540. The van der Waals surface area contributed by atoms with Crippen LogP contribution in [0.5, 0.6) is 0 Å². The maximum Gasteiger partial charge on any atom is 0.264 e. The van der Waals surface area contributed by atoms with Crippen LogP contribution in [0, 0.1) is 22.7 Å². The first kappa shape index (κ1) is 32.2. The minimum atomic E-state index is -0.289. The van der Waals surface area contributed by atoms with Gasteiger partial charge in [0, 0.05) is 36.3 Å². The third-order valence-corrected chi connectivity index (χ3v) is 8.58. The van der Waals surface area contributed by atoms with E-state index >= 15 is 0 Å². The maximum atomic E-state index is 13.3. The summed E-state index contributed by atoms with van der Waals surface area (Å²) in [5, 5.41) is 13.2. The van der Waals surface area contributed by atoms with Gasteiger partial charge < -0.3 is 9.47 Å². The van der Waals surface area contributed by atoms with Gasteiger partial charge in [-0.05, 0) is 80.1 Å². The van der Waals surface area contributed by atoms with Crippen LogP contribution in [0.2, 0.25) is 5.02 Å². The molecule has 0 spiro atoms. The Morgan fingerprint density at radius 3 is 2.51 bits per heavy atom. The standard InChI is InChI=1S/C34H43ClN6O2/c1-22(2)17-26(19-36)32(43)40-16-8-9-28(21-40)41-30-15-10-24(20-39(7)23(3)34(4,5)6)18-29(30)37-33(41)38-31(42)25-11-13-27(35)14-12-25/h10-15,17-18,22-23,28H,8-9,16,20-21H2,1-7H3,(H,37,38,42). The molecule has 2 heterocycles. The number of carbonyl (C=O) groups is 2. The number of halogens is 1. The summed E-state index contributed by atoms with van der Waals surface area (Å²) >= 11 is 6.04. The average molecular weight is 603 g/mol. The molecule has 2 amide bonds. The Morgan fingerprint density at radius 2 is 1.88 bits per heavy atom. The van der Waals surface area contributed by atoms with Crippen LogP contribution in [-0.4, -0.2) is 57.3 Å². The van der Waals surface area contributed by atoms with Gasteiger partial charge in [0.05, 0.1) is 17.1 Å². The summed E-state index contributed by atoms with van der Waals surface area (Å²) in [5.74, 6) is -0.0231. The number of aromatic nitrogens is 2. The number of rotatable bonds is 8. The number of likely N-dealkylation sites (tertiary alicyclic amines) is 1. The molecular weight excluding hydrogens is 560 g/mol. The molecule has 0 saturated carbocycles. The maximum absolute atomic E-state index is 13.3. The van der Waals surface area contributed by atoms with E-state index in [0.717, 1.165) is 36.0 Å². The molecule has 9 heteroatoms. The number of anilines is 1. The molecule has 1 fully saturated rings. The van der Waals surface area contributed by atoms with Gasteiger partial charge in [0.1, 0.15) is 11.6 Å². The molecular formula is C34H43ClN6O2. The summed E-state index contributed by atoms with van der Waals surface area (Å²) in [5.41, 5.74) is 3.57. The van der Waals surface area contributed by atoms with Crippen molar-refractivity contribution in [2.45, 2.75) is 73.0 Å². The number of allylic oxidation sites excluding steroid dienone is 1. The predicted octanol–water partition coefficient (Wildman–Crippen LogP) is 7.08. The Kier molecular flexibility index (Phi) is 9.99. The fraction of sp³-hybridized carbons (Fsp3) is 0.471. The molecule has 1 saturated heterocycles. The van der Waals surface area contributed by atoms with Crippen LogP contribution in [-0.2, 0) is 11.3 Å². The number of imidazole rings is 1. The highest BCUT2D eigenvalue weighted by atomic mass is 35.5. The molecule has 3 aromatic rings. The van der Waals surface area contributed by atoms with Crippen molar-refractivity contribution in [1.82, 2.24) is 19.4 Å².